The normalized spacial score (nSPS) is 14.0. The van der Waals surface area contributed by atoms with Crippen LogP contribution in [0.1, 0.15) is 21.5 Å². The van der Waals surface area contributed by atoms with Crippen molar-refractivity contribution in [3.8, 4) is 0 Å². The number of para-hydroxylation sites is 1. The number of nitrogens with zero attached hydrogens (tertiary/aromatic N) is 3. The molecule has 0 unspecified atom stereocenters. The average molecular weight is 386 g/mol. The van der Waals surface area contributed by atoms with Crippen molar-refractivity contribution in [1.82, 2.24) is 9.88 Å². The topological polar surface area (TPSA) is 48.5 Å². The van der Waals surface area contributed by atoms with Gasteiger partial charge in [0.1, 0.15) is 5.82 Å². The van der Waals surface area contributed by atoms with Gasteiger partial charge in [0.15, 0.2) is 0 Å². The summed E-state index contributed by atoms with van der Waals surface area (Å²) in [6.45, 7) is 7.30. The number of piperazine rings is 1. The molecule has 0 saturated carbocycles. The Kier molecular flexibility index (Phi) is 5.47. The molecule has 1 fully saturated rings. The molecular weight excluding hydrogens is 360 g/mol. The minimum atomic E-state index is 0.0449. The van der Waals surface area contributed by atoms with Gasteiger partial charge < -0.3 is 15.1 Å². The van der Waals surface area contributed by atoms with Crippen LogP contribution in [0.3, 0.4) is 0 Å². The van der Waals surface area contributed by atoms with E-state index < -0.39 is 0 Å². The lowest BCUT2D eigenvalue weighted by atomic mass is 10.1. The van der Waals surface area contributed by atoms with E-state index in [4.69, 9.17) is 0 Å². The minimum Gasteiger partial charge on any atom is -0.368 e. The van der Waals surface area contributed by atoms with Crippen LogP contribution in [-0.2, 0) is 0 Å². The summed E-state index contributed by atoms with van der Waals surface area (Å²) >= 11 is 0. The Balaban J connectivity index is 1.38. The van der Waals surface area contributed by atoms with Crippen molar-refractivity contribution in [2.24, 2.45) is 0 Å². The van der Waals surface area contributed by atoms with Crippen LogP contribution in [0, 0.1) is 13.8 Å². The Morgan fingerprint density at radius 1 is 0.897 bits per heavy atom. The number of rotatable bonds is 4. The van der Waals surface area contributed by atoms with Crippen LogP contribution in [0.2, 0.25) is 0 Å². The molecule has 0 spiro atoms. The summed E-state index contributed by atoms with van der Waals surface area (Å²) in [5.74, 6) is 0.785. The van der Waals surface area contributed by atoms with Crippen molar-refractivity contribution in [2.45, 2.75) is 13.8 Å². The van der Waals surface area contributed by atoms with Gasteiger partial charge in [-0.25, -0.2) is 4.98 Å². The molecule has 5 heteroatoms. The molecule has 2 aromatic carbocycles. The average Bonchev–Trinajstić information content (AvgIpc) is 2.78. The number of amides is 1. The summed E-state index contributed by atoms with van der Waals surface area (Å²) in [6, 6.07) is 20.2. The van der Waals surface area contributed by atoms with Gasteiger partial charge in [0.2, 0.25) is 0 Å². The van der Waals surface area contributed by atoms with E-state index in [1.807, 2.05) is 47.4 Å². The Morgan fingerprint density at radius 3 is 2.34 bits per heavy atom. The molecule has 0 bridgehead atoms. The van der Waals surface area contributed by atoms with Gasteiger partial charge in [0.25, 0.3) is 5.91 Å². The second kappa shape index (κ2) is 8.35. The number of carbonyl (C=O) groups is 1. The van der Waals surface area contributed by atoms with Crippen LogP contribution < -0.4 is 10.2 Å². The summed E-state index contributed by atoms with van der Waals surface area (Å²) in [6.07, 6.45) is 1.67. The molecule has 1 aliphatic rings. The van der Waals surface area contributed by atoms with Crippen LogP contribution >= 0.6 is 0 Å². The first-order valence-electron chi connectivity index (χ1n) is 10.0. The Labute approximate surface area is 172 Å². The number of hydrogen-bond donors (Lipinski definition) is 1. The molecule has 1 N–H and O–H groups in total. The summed E-state index contributed by atoms with van der Waals surface area (Å²) in [5.41, 5.74) is 5.31. The van der Waals surface area contributed by atoms with Gasteiger partial charge in [-0.15, -0.1) is 0 Å². The fourth-order valence-electron chi connectivity index (χ4n) is 3.61. The zero-order valence-electron chi connectivity index (χ0n) is 16.9. The van der Waals surface area contributed by atoms with Crippen molar-refractivity contribution >= 4 is 23.1 Å². The first-order valence-corrected chi connectivity index (χ1v) is 10.0. The predicted octanol–water partition coefficient (Wildman–Crippen LogP) is 4.40. The van der Waals surface area contributed by atoms with Gasteiger partial charge in [-0.2, -0.15) is 0 Å². The number of nitrogens with one attached hydrogen (secondary N) is 1. The van der Waals surface area contributed by atoms with Crippen molar-refractivity contribution in [2.75, 3.05) is 36.4 Å². The van der Waals surface area contributed by atoms with E-state index >= 15 is 0 Å². The van der Waals surface area contributed by atoms with E-state index in [2.05, 4.69) is 47.2 Å². The van der Waals surface area contributed by atoms with Gasteiger partial charge in [0, 0.05) is 43.8 Å². The molecule has 29 heavy (non-hydrogen) atoms. The molecule has 1 saturated heterocycles. The van der Waals surface area contributed by atoms with E-state index in [0.717, 1.165) is 37.7 Å². The maximum Gasteiger partial charge on any atom is 0.255 e. The third-order valence-corrected chi connectivity index (χ3v) is 5.57. The quantitative estimate of drug-likeness (QED) is 0.722. The lowest BCUT2D eigenvalue weighted by Gasteiger charge is -2.36. The molecule has 5 nitrogen and oxygen atoms in total. The summed E-state index contributed by atoms with van der Waals surface area (Å²) in [7, 11) is 0. The molecule has 2 heterocycles. The molecule has 0 aliphatic carbocycles. The molecule has 0 radical (unpaired) electrons. The maximum absolute atomic E-state index is 12.9. The molecular formula is C24H26N4O. The lowest BCUT2D eigenvalue weighted by molar-refractivity contribution is 0.0746. The number of hydrogen-bond acceptors (Lipinski definition) is 4. The fourth-order valence-corrected chi connectivity index (χ4v) is 3.61. The van der Waals surface area contributed by atoms with Gasteiger partial charge in [-0.05, 0) is 55.3 Å². The SMILES string of the molecule is Cc1cccc(Nc2ccc(C(=O)N3CCN(c4ccccc4)CC3)cn2)c1C. The Morgan fingerprint density at radius 2 is 1.66 bits per heavy atom. The predicted molar refractivity (Wildman–Crippen MR) is 118 cm³/mol. The zero-order valence-corrected chi connectivity index (χ0v) is 16.9. The molecule has 3 aromatic rings. The molecule has 148 valence electrons. The standard InChI is InChI=1S/C24H26N4O/c1-18-7-6-10-22(19(18)2)26-23-12-11-20(17-25-23)24(29)28-15-13-27(14-16-28)21-8-4-3-5-9-21/h3-12,17H,13-16H2,1-2H3,(H,25,26). The monoisotopic (exact) mass is 386 g/mol. The van der Waals surface area contributed by atoms with Crippen molar-refractivity contribution in [3.63, 3.8) is 0 Å². The van der Waals surface area contributed by atoms with E-state index in [9.17, 15) is 4.79 Å². The minimum absolute atomic E-state index is 0.0449. The van der Waals surface area contributed by atoms with Crippen LogP contribution in [-0.4, -0.2) is 42.0 Å². The third kappa shape index (κ3) is 4.24. The highest BCUT2D eigenvalue weighted by Crippen LogP contribution is 2.22. The van der Waals surface area contributed by atoms with Crippen LogP contribution in [0.15, 0.2) is 66.9 Å². The highest BCUT2D eigenvalue weighted by Gasteiger charge is 2.22. The van der Waals surface area contributed by atoms with Gasteiger partial charge in [-0.1, -0.05) is 30.3 Å². The van der Waals surface area contributed by atoms with Gasteiger partial charge >= 0.3 is 0 Å². The molecule has 1 aliphatic heterocycles. The van der Waals surface area contributed by atoms with E-state index in [1.165, 1.54) is 16.8 Å². The number of anilines is 3. The maximum atomic E-state index is 12.9. The Bertz CT molecular complexity index is 978. The second-order valence-electron chi connectivity index (χ2n) is 7.42. The van der Waals surface area contributed by atoms with Gasteiger partial charge in [0.05, 0.1) is 5.56 Å². The number of benzene rings is 2. The van der Waals surface area contributed by atoms with E-state index in [0.29, 0.717) is 5.56 Å². The number of pyridine rings is 1. The first-order chi connectivity index (χ1) is 14.1. The van der Waals surface area contributed by atoms with Crippen LogP contribution in [0.25, 0.3) is 0 Å². The lowest BCUT2D eigenvalue weighted by Crippen LogP contribution is -2.48. The summed E-state index contributed by atoms with van der Waals surface area (Å²) in [4.78, 5) is 21.5. The Hall–Kier alpha value is -3.34. The smallest absolute Gasteiger partial charge is 0.255 e. The second-order valence-corrected chi connectivity index (χ2v) is 7.42. The van der Waals surface area contributed by atoms with Crippen molar-refractivity contribution < 1.29 is 4.79 Å². The summed E-state index contributed by atoms with van der Waals surface area (Å²) < 4.78 is 0. The summed E-state index contributed by atoms with van der Waals surface area (Å²) in [5, 5.41) is 3.34. The number of aryl methyl sites for hydroxylation is 1. The van der Waals surface area contributed by atoms with Crippen molar-refractivity contribution in [1.29, 1.82) is 0 Å². The fraction of sp³-hybridized carbons (Fsp3) is 0.250. The molecule has 1 aromatic heterocycles. The van der Waals surface area contributed by atoms with Crippen LogP contribution in [0.4, 0.5) is 17.2 Å². The van der Waals surface area contributed by atoms with E-state index in [-0.39, 0.29) is 5.91 Å². The van der Waals surface area contributed by atoms with E-state index in [1.54, 1.807) is 6.20 Å². The zero-order chi connectivity index (χ0) is 20.2. The number of aromatic nitrogens is 1. The first kappa shape index (κ1) is 19.0. The van der Waals surface area contributed by atoms with Crippen LogP contribution in [0.5, 0.6) is 0 Å². The number of carbonyl (C=O) groups excluding carboxylic acids is 1. The van der Waals surface area contributed by atoms with Crippen molar-refractivity contribution in [3.05, 3.63) is 83.6 Å². The molecule has 4 rings (SSSR count). The highest BCUT2D eigenvalue weighted by molar-refractivity contribution is 5.94. The largest absolute Gasteiger partial charge is 0.368 e. The third-order valence-electron chi connectivity index (χ3n) is 5.57. The molecule has 1 amide bonds. The highest BCUT2D eigenvalue weighted by atomic mass is 16.2. The van der Waals surface area contributed by atoms with Gasteiger partial charge in [-0.3, -0.25) is 4.79 Å². The molecule has 0 atom stereocenters.